The zero-order chi connectivity index (χ0) is 60.1. The summed E-state index contributed by atoms with van der Waals surface area (Å²) >= 11 is 0. The molecule has 0 amide bonds. The number of para-hydroxylation sites is 8. The average molecular weight is 1020 g/mol. The molecule has 0 saturated heterocycles. The van der Waals surface area contributed by atoms with Crippen LogP contribution < -0.4 is 14.2 Å². The minimum Gasteiger partial charge on any atom is -0.456 e. The average Bonchev–Trinajstić information content (AvgIpc) is 2.10. The Kier molecular flexibility index (Phi) is 8.97. The highest BCUT2D eigenvalue weighted by molar-refractivity contribution is 6.13. The van der Waals surface area contributed by atoms with E-state index in [1.807, 2.05) is 120 Å². The summed E-state index contributed by atoms with van der Waals surface area (Å²) in [4.78, 5) is 7.32. The van der Waals surface area contributed by atoms with Crippen LogP contribution in [0.5, 0.6) is 11.5 Å². The van der Waals surface area contributed by atoms with Gasteiger partial charge in [-0.25, -0.2) is 4.98 Å². The molecule has 0 atom stereocenters. The van der Waals surface area contributed by atoms with Gasteiger partial charge in [-0.1, -0.05) is 200 Å². The molecule has 15 aromatic rings. The number of benzene rings is 11. The standard InChI is InChI=1S/C72H48N6O/c1-5-23-50(24-6-1)57-36-22-37-58(51-25-7-2-8-26-51)72(57)75-49-74(66-41-19-20-42-67(66)75)54-31-21-32-56(45-54)79-70-48-68-62(47-69(70)77-63-38-16-13-33-59(63)60-34-14-17-39-64(60)77)61-35-15-18-40-65(61)78(68)71-46-55(43-44-73-71)76(52-27-9-3-10-28-52)53-29-11-4-12-30-53/h1-48H/i1D,2D,5D,6D,7D,23D,24D,25D,26D. The van der Waals surface area contributed by atoms with Crippen molar-refractivity contribution in [2.45, 2.75) is 0 Å². The molecule has 0 aliphatic rings. The van der Waals surface area contributed by atoms with Crippen molar-refractivity contribution in [3.8, 4) is 56.6 Å². The lowest BCUT2D eigenvalue weighted by Gasteiger charge is -2.25. The van der Waals surface area contributed by atoms with Crippen molar-refractivity contribution in [3.63, 3.8) is 0 Å². The molecular weight excluding hydrogens is 965 g/mol. The Morgan fingerprint density at radius 3 is 1.72 bits per heavy atom. The van der Waals surface area contributed by atoms with Crippen molar-refractivity contribution < 1.29 is 21.6 Å². The lowest BCUT2D eigenvalue weighted by atomic mass is 9.95. The Labute approximate surface area is 469 Å². The highest BCUT2D eigenvalue weighted by Crippen LogP contribution is 2.44. The monoisotopic (exact) mass is 1020 g/mol. The predicted octanol–water partition coefficient (Wildman–Crippen LogP) is 17.9. The normalized spacial score (nSPS) is 13.1. The van der Waals surface area contributed by atoms with E-state index in [0.29, 0.717) is 34.0 Å². The largest absolute Gasteiger partial charge is 0.456 e. The molecule has 0 saturated carbocycles. The van der Waals surface area contributed by atoms with Crippen LogP contribution in [0.1, 0.15) is 12.3 Å². The molecule has 372 valence electrons. The van der Waals surface area contributed by atoms with E-state index in [-0.39, 0.29) is 52.1 Å². The molecule has 4 aromatic heterocycles. The summed E-state index contributed by atoms with van der Waals surface area (Å²) in [6.07, 6.45) is 5.40. The van der Waals surface area contributed by atoms with Gasteiger partial charge in [-0.05, 0) is 95.1 Å². The SMILES string of the molecule is [2H]c1cc([2H])c(-c2cccc(-c3c([2H])c([2H])c([2H])c([2H])c3[2H])c2-[n+]2[c-]n(-c3cccc(Oc4cc5c(cc4-n4c6ccccc6c6ccccc64)c4ccccc4n5-c4cc(N(c5ccccc5)c5ccccc5)ccn4)c3)c3ccccc32)c([2H])c1[2H]. The lowest BCUT2D eigenvalue weighted by Crippen LogP contribution is -2.31. The Morgan fingerprint density at radius 1 is 0.443 bits per heavy atom. The van der Waals surface area contributed by atoms with Gasteiger partial charge >= 0.3 is 0 Å². The third-order valence-corrected chi connectivity index (χ3v) is 14.5. The first-order valence-corrected chi connectivity index (χ1v) is 25.9. The van der Waals surface area contributed by atoms with Crippen molar-refractivity contribution in [2.24, 2.45) is 0 Å². The van der Waals surface area contributed by atoms with Crippen molar-refractivity contribution in [2.75, 3.05) is 4.90 Å². The summed E-state index contributed by atoms with van der Waals surface area (Å²) in [5.41, 5.74) is 9.99. The molecule has 15 rings (SSSR count). The fraction of sp³-hybridized carbons (Fsp3) is 0. The van der Waals surface area contributed by atoms with Gasteiger partial charge < -0.3 is 14.2 Å². The molecule has 0 N–H and O–H groups in total. The fourth-order valence-corrected chi connectivity index (χ4v) is 11.2. The van der Waals surface area contributed by atoms with Gasteiger partial charge in [-0.2, -0.15) is 0 Å². The molecule has 0 bridgehead atoms. The number of pyridine rings is 1. The van der Waals surface area contributed by atoms with Crippen LogP contribution in [0.25, 0.3) is 99.8 Å². The number of imidazole rings is 1. The zero-order valence-corrected chi connectivity index (χ0v) is 42.1. The predicted molar refractivity (Wildman–Crippen MR) is 322 cm³/mol. The minimum absolute atomic E-state index is 0.0261. The van der Waals surface area contributed by atoms with Crippen LogP contribution in [0.15, 0.2) is 291 Å². The number of nitrogens with zero attached hydrogens (tertiary/aromatic N) is 6. The fourth-order valence-electron chi connectivity index (χ4n) is 11.2. The summed E-state index contributed by atoms with van der Waals surface area (Å²) in [7, 11) is 0. The third kappa shape index (κ3) is 7.83. The Morgan fingerprint density at radius 2 is 1.03 bits per heavy atom. The van der Waals surface area contributed by atoms with Crippen molar-refractivity contribution in [3.05, 3.63) is 297 Å². The number of anilines is 3. The molecular formula is C72H48N6O. The van der Waals surface area contributed by atoms with Gasteiger partial charge in [-0.15, -0.1) is 0 Å². The molecule has 4 heterocycles. The minimum atomic E-state index is -0.553. The first-order chi connectivity index (χ1) is 42.9. The van der Waals surface area contributed by atoms with E-state index in [9.17, 15) is 2.74 Å². The number of hydrogen-bond acceptors (Lipinski definition) is 3. The summed E-state index contributed by atoms with van der Waals surface area (Å²) in [6.45, 7) is 0. The van der Waals surface area contributed by atoms with Gasteiger partial charge in [0.15, 0.2) is 5.75 Å². The third-order valence-electron chi connectivity index (χ3n) is 14.5. The van der Waals surface area contributed by atoms with E-state index in [2.05, 4.69) is 117 Å². The van der Waals surface area contributed by atoms with Crippen LogP contribution in [-0.4, -0.2) is 18.7 Å². The second-order valence-corrected chi connectivity index (χ2v) is 19.1. The quantitative estimate of drug-likeness (QED) is 0.0958. The molecule has 0 aliphatic heterocycles. The number of hydrogen-bond donors (Lipinski definition) is 0. The maximum Gasteiger partial charge on any atom is 0.269 e. The van der Waals surface area contributed by atoms with E-state index in [4.69, 9.17) is 19.3 Å². The number of rotatable bonds is 11. The molecule has 0 fully saturated rings. The summed E-state index contributed by atoms with van der Waals surface area (Å²) in [5.74, 6) is 1.73. The smallest absolute Gasteiger partial charge is 0.269 e. The first kappa shape index (κ1) is 37.1. The Hall–Kier alpha value is -10.8. The van der Waals surface area contributed by atoms with Crippen LogP contribution in [0.4, 0.5) is 17.1 Å². The van der Waals surface area contributed by atoms with E-state index in [0.717, 1.165) is 66.4 Å². The van der Waals surface area contributed by atoms with Crippen LogP contribution in [0.3, 0.4) is 0 Å². The molecule has 11 aromatic carbocycles. The van der Waals surface area contributed by atoms with Gasteiger partial charge in [0.25, 0.3) is 6.33 Å². The van der Waals surface area contributed by atoms with Gasteiger partial charge in [0, 0.05) is 51.2 Å². The number of fused-ring (bicyclic) bond motifs is 7. The Balaban J connectivity index is 0.941. The van der Waals surface area contributed by atoms with E-state index in [1.54, 1.807) is 22.8 Å². The highest BCUT2D eigenvalue weighted by atomic mass is 16.5. The summed E-state index contributed by atoms with van der Waals surface area (Å²) < 4.78 is 95.0. The second kappa shape index (κ2) is 19.1. The zero-order valence-electron chi connectivity index (χ0n) is 51.1. The van der Waals surface area contributed by atoms with Crippen LogP contribution >= 0.6 is 0 Å². The van der Waals surface area contributed by atoms with Gasteiger partial charge in [0.05, 0.1) is 68.2 Å². The van der Waals surface area contributed by atoms with Gasteiger partial charge in [0.2, 0.25) is 0 Å². The van der Waals surface area contributed by atoms with Gasteiger partial charge in [0.1, 0.15) is 11.6 Å². The summed E-state index contributed by atoms with van der Waals surface area (Å²) in [6, 6.07) is 71.7. The molecule has 0 aliphatic carbocycles. The second-order valence-electron chi connectivity index (χ2n) is 19.1. The maximum absolute atomic E-state index is 9.18. The van der Waals surface area contributed by atoms with E-state index < -0.39 is 30.2 Å². The van der Waals surface area contributed by atoms with E-state index >= 15 is 0 Å². The molecule has 0 spiro atoms. The number of ether oxygens (including phenoxy) is 1. The van der Waals surface area contributed by atoms with Crippen LogP contribution in [0, 0.1) is 6.33 Å². The molecule has 7 heteroatoms. The van der Waals surface area contributed by atoms with Crippen LogP contribution in [0.2, 0.25) is 0 Å². The first-order valence-electron chi connectivity index (χ1n) is 30.4. The van der Waals surface area contributed by atoms with E-state index in [1.165, 1.54) is 6.07 Å². The van der Waals surface area contributed by atoms with Crippen molar-refractivity contribution >= 4 is 71.7 Å². The molecule has 0 unspecified atom stereocenters. The molecule has 7 nitrogen and oxygen atoms in total. The Bertz CT molecular complexity index is 5210. The van der Waals surface area contributed by atoms with Gasteiger partial charge in [-0.3, -0.25) is 13.7 Å². The molecule has 79 heavy (non-hydrogen) atoms. The summed E-state index contributed by atoms with van der Waals surface area (Å²) in [5, 5.41) is 4.17. The lowest BCUT2D eigenvalue weighted by molar-refractivity contribution is -0.571. The number of aromatic nitrogens is 5. The highest BCUT2D eigenvalue weighted by Gasteiger charge is 2.24. The topological polar surface area (TPSA) is 44.0 Å². The van der Waals surface area contributed by atoms with Crippen molar-refractivity contribution in [1.29, 1.82) is 0 Å². The maximum atomic E-state index is 9.18. The molecule has 0 radical (unpaired) electrons. The van der Waals surface area contributed by atoms with Crippen LogP contribution in [-0.2, 0) is 0 Å². The van der Waals surface area contributed by atoms with Crippen molar-refractivity contribution in [1.82, 2.24) is 18.7 Å².